The van der Waals surface area contributed by atoms with Crippen molar-refractivity contribution < 1.29 is 9.32 Å². The molecule has 108 valence electrons. The Labute approximate surface area is 120 Å². The van der Waals surface area contributed by atoms with Crippen LogP contribution in [0.2, 0.25) is 0 Å². The summed E-state index contributed by atoms with van der Waals surface area (Å²) in [4.78, 5) is 14.0. The summed E-state index contributed by atoms with van der Waals surface area (Å²) in [5.74, 6) is 0.721. The maximum Gasteiger partial charge on any atom is 0.292 e. The molecule has 0 radical (unpaired) electrons. The molecule has 19 heavy (non-hydrogen) atoms. The summed E-state index contributed by atoms with van der Waals surface area (Å²) >= 11 is 0. The zero-order valence-electron chi connectivity index (χ0n) is 11.5. The van der Waals surface area contributed by atoms with Crippen LogP contribution in [0.3, 0.4) is 0 Å². The standard InChI is InChI=1S/C13H21N3O2.ClH/c1-3-10(4-2)11-9-12(18-15-11)13(17)16-7-5-14-6-8-16;/h9-10,14H,3-8H2,1-2H3;1H. The number of rotatable bonds is 4. The molecule has 5 nitrogen and oxygen atoms in total. The first-order chi connectivity index (χ1) is 8.76. The third-order valence-electron chi connectivity index (χ3n) is 3.55. The summed E-state index contributed by atoms with van der Waals surface area (Å²) in [5, 5.41) is 7.26. The van der Waals surface area contributed by atoms with Gasteiger partial charge in [-0.3, -0.25) is 4.79 Å². The summed E-state index contributed by atoms with van der Waals surface area (Å²) in [5.41, 5.74) is 0.901. The first-order valence-corrected chi connectivity index (χ1v) is 6.72. The lowest BCUT2D eigenvalue weighted by atomic mass is 9.99. The number of hydrogen-bond acceptors (Lipinski definition) is 4. The van der Waals surface area contributed by atoms with E-state index < -0.39 is 0 Å². The average molecular weight is 288 g/mol. The van der Waals surface area contributed by atoms with Gasteiger partial charge in [0.15, 0.2) is 0 Å². The van der Waals surface area contributed by atoms with Crippen LogP contribution in [0.5, 0.6) is 0 Å². The van der Waals surface area contributed by atoms with Crippen LogP contribution < -0.4 is 5.32 Å². The average Bonchev–Trinajstić information content (AvgIpc) is 2.90. The van der Waals surface area contributed by atoms with Crippen molar-refractivity contribution in [2.24, 2.45) is 0 Å². The van der Waals surface area contributed by atoms with Crippen LogP contribution >= 0.6 is 12.4 Å². The molecule has 0 bridgehead atoms. The highest BCUT2D eigenvalue weighted by Gasteiger charge is 2.23. The van der Waals surface area contributed by atoms with Gasteiger partial charge in [0.05, 0.1) is 5.69 Å². The van der Waals surface area contributed by atoms with Gasteiger partial charge in [-0.15, -0.1) is 12.4 Å². The van der Waals surface area contributed by atoms with Gasteiger partial charge in [0, 0.05) is 38.2 Å². The van der Waals surface area contributed by atoms with E-state index in [4.69, 9.17) is 4.52 Å². The van der Waals surface area contributed by atoms with Crippen molar-refractivity contribution >= 4 is 18.3 Å². The quantitative estimate of drug-likeness (QED) is 0.921. The minimum absolute atomic E-state index is 0. The Bertz CT molecular complexity index is 398. The van der Waals surface area contributed by atoms with Gasteiger partial charge in [0.25, 0.3) is 5.91 Å². The molecule has 1 fully saturated rings. The van der Waals surface area contributed by atoms with Crippen molar-refractivity contribution in [3.05, 3.63) is 17.5 Å². The number of carbonyl (C=O) groups is 1. The van der Waals surface area contributed by atoms with Crippen LogP contribution in [0.4, 0.5) is 0 Å². The lowest BCUT2D eigenvalue weighted by Gasteiger charge is -2.26. The van der Waals surface area contributed by atoms with Gasteiger partial charge < -0.3 is 14.7 Å². The highest BCUT2D eigenvalue weighted by atomic mass is 35.5. The molecule has 2 heterocycles. The Morgan fingerprint density at radius 3 is 2.63 bits per heavy atom. The van der Waals surface area contributed by atoms with Gasteiger partial charge in [-0.2, -0.15) is 0 Å². The lowest BCUT2D eigenvalue weighted by Crippen LogP contribution is -2.46. The van der Waals surface area contributed by atoms with Gasteiger partial charge in [-0.25, -0.2) is 0 Å². The van der Waals surface area contributed by atoms with E-state index >= 15 is 0 Å². The minimum atomic E-state index is -0.0405. The van der Waals surface area contributed by atoms with Crippen LogP contribution in [0, 0.1) is 0 Å². The smallest absolute Gasteiger partial charge is 0.292 e. The van der Waals surface area contributed by atoms with E-state index in [1.807, 2.05) is 11.0 Å². The number of nitrogens with one attached hydrogen (secondary N) is 1. The number of nitrogens with zero attached hydrogens (tertiary/aromatic N) is 2. The van der Waals surface area contributed by atoms with E-state index in [-0.39, 0.29) is 18.3 Å². The SMILES string of the molecule is CCC(CC)c1cc(C(=O)N2CCNCC2)on1.Cl. The fourth-order valence-corrected chi connectivity index (χ4v) is 2.31. The third-order valence-corrected chi connectivity index (χ3v) is 3.55. The molecule has 0 saturated carbocycles. The third kappa shape index (κ3) is 3.70. The molecule has 1 saturated heterocycles. The summed E-state index contributed by atoms with van der Waals surface area (Å²) < 4.78 is 5.20. The summed E-state index contributed by atoms with van der Waals surface area (Å²) in [6.07, 6.45) is 2.04. The fourth-order valence-electron chi connectivity index (χ4n) is 2.31. The predicted octanol–water partition coefficient (Wildman–Crippen LogP) is 2.05. The lowest BCUT2D eigenvalue weighted by molar-refractivity contribution is 0.0693. The fraction of sp³-hybridized carbons (Fsp3) is 0.692. The topological polar surface area (TPSA) is 58.4 Å². The zero-order chi connectivity index (χ0) is 13.0. The Kier molecular flexibility index (Phi) is 6.31. The predicted molar refractivity (Wildman–Crippen MR) is 75.8 cm³/mol. The van der Waals surface area contributed by atoms with Crippen LogP contribution in [-0.2, 0) is 0 Å². The second-order valence-electron chi connectivity index (χ2n) is 4.67. The first-order valence-electron chi connectivity index (χ1n) is 6.72. The highest BCUT2D eigenvalue weighted by molar-refractivity contribution is 5.91. The van der Waals surface area contributed by atoms with E-state index in [9.17, 15) is 4.79 Å². The molecular weight excluding hydrogens is 266 g/mol. The number of carbonyl (C=O) groups excluding carboxylic acids is 1. The first kappa shape index (κ1) is 16.0. The normalized spacial score (nSPS) is 15.4. The molecule has 0 aromatic carbocycles. The largest absolute Gasteiger partial charge is 0.351 e. The Balaban J connectivity index is 0.00000180. The van der Waals surface area contributed by atoms with Gasteiger partial charge >= 0.3 is 0 Å². The zero-order valence-corrected chi connectivity index (χ0v) is 12.3. The van der Waals surface area contributed by atoms with Gasteiger partial charge in [-0.1, -0.05) is 19.0 Å². The number of amides is 1. The Morgan fingerprint density at radius 2 is 2.05 bits per heavy atom. The maximum atomic E-state index is 12.2. The summed E-state index contributed by atoms with van der Waals surface area (Å²) in [6, 6.07) is 1.81. The van der Waals surface area contributed by atoms with Crippen molar-refractivity contribution in [2.75, 3.05) is 26.2 Å². The van der Waals surface area contributed by atoms with E-state index in [2.05, 4.69) is 24.3 Å². The molecule has 1 N–H and O–H groups in total. The van der Waals surface area contributed by atoms with Crippen molar-refractivity contribution in [2.45, 2.75) is 32.6 Å². The molecule has 0 aliphatic carbocycles. The maximum absolute atomic E-state index is 12.2. The van der Waals surface area contributed by atoms with Crippen molar-refractivity contribution in [1.82, 2.24) is 15.4 Å². The molecule has 1 aliphatic rings. The molecule has 6 heteroatoms. The number of piperazine rings is 1. The van der Waals surface area contributed by atoms with Gasteiger partial charge in [0.1, 0.15) is 0 Å². The molecular formula is C13H22ClN3O2. The molecule has 1 aromatic rings. The molecule has 0 spiro atoms. The van der Waals surface area contributed by atoms with Crippen LogP contribution in [0.25, 0.3) is 0 Å². The Morgan fingerprint density at radius 1 is 1.42 bits per heavy atom. The van der Waals surface area contributed by atoms with E-state index in [1.54, 1.807) is 0 Å². The second kappa shape index (κ2) is 7.50. The Hall–Kier alpha value is -1.07. The van der Waals surface area contributed by atoms with Crippen molar-refractivity contribution in [1.29, 1.82) is 0 Å². The monoisotopic (exact) mass is 287 g/mol. The molecule has 2 rings (SSSR count). The minimum Gasteiger partial charge on any atom is -0.351 e. The van der Waals surface area contributed by atoms with Crippen LogP contribution in [0.1, 0.15) is 48.9 Å². The van der Waals surface area contributed by atoms with E-state index in [1.165, 1.54) is 0 Å². The number of hydrogen-bond donors (Lipinski definition) is 1. The van der Waals surface area contributed by atoms with E-state index in [0.29, 0.717) is 11.7 Å². The molecule has 1 aromatic heterocycles. The van der Waals surface area contributed by atoms with E-state index in [0.717, 1.165) is 44.7 Å². The summed E-state index contributed by atoms with van der Waals surface area (Å²) in [6.45, 7) is 7.42. The second-order valence-corrected chi connectivity index (χ2v) is 4.67. The van der Waals surface area contributed by atoms with Crippen molar-refractivity contribution in [3.8, 4) is 0 Å². The van der Waals surface area contributed by atoms with Crippen LogP contribution in [-0.4, -0.2) is 42.1 Å². The van der Waals surface area contributed by atoms with Gasteiger partial charge in [-0.05, 0) is 12.8 Å². The van der Waals surface area contributed by atoms with Crippen molar-refractivity contribution in [3.63, 3.8) is 0 Å². The molecule has 1 amide bonds. The molecule has 0 unspecified atom stereocenters. The summed E-state index contributed by atoms with van der Waals surface area (Å²) in [7, 11) is 0. The molecule has 0 atom stereocenters. The van der Waals surface area contributed by atoms with Gasteiger partial charge in [0.2, 0.25) is 5.76 Å². The number of aromatic nitrogens is 1. The number of halogens is 1. The van der Waals surface area contributed by atoms with Crippen LogP contribution in [0.15, 0.2) is 10.6 Å². The molecule has 1 aliphatic heterocycles. The highest BCUT2D eigenvalue weighted by Crippen LogP contribution is 2.22.